The zero-order chi connectivity index (χ0) is 18.8. The van der Waals surface area contributed by atoms with Gasteiger partial charge in [0.15, 0.2) is 0 Å². The maximum atomic E-state index is 12.7. The molecule has 6 heteroatoms. The number of carbonyl (C=O) groups is 2. The van der Waals surface area contributed by atoms with Gasteiger partial charge in [0.2, 0.25) is 5.91 Å². The molecule has 0 aliphatic heterocycles. The van der Waals surface area contributed by atoms with E-state index in [4.69, 9.17) is 4.74 Å². The monoisotopic (exact) mass is 363 g/mol. The lowest BCUT2D eigenvalue weighted by Gasteiger charge is -2.16. The van der Waals surface area contributed by atoms with Gasteiger partial charge in [-0.3, -0.25) is 9.78 Å². The zero-order valence-corrected chi connectivity index (χ0v) is 15.0. The topological polar surface area (TPSA) is 84.1 Å². The summed E-state index contributed by atoms with van der Waals surface area (Å²) in [5, 5.41) is 3.93. The number of pyridine rings is 1. The van der Waals surface area contributed by atoms with Crippen molar-refractivity contribution in [2.24, 2.45) is 5.92 Å². The van der Waals surface area contributed by atoms with Crippen LogP contribution in [0.1, 0.15) is 23.5 Å². The molecular weight excluding hydrogens is 342 g/mol. The van der Waals surface area contributed by atoms with Crippen LogP contribution in [0.25, 0.3) is 10.9 Å². The van der Waals surface area contributed by atoms with E-state index < -0.39 is 12.0 Å². The van der Waals surface area contributed by atoms with Gasteiger partial charge < -0.3 is 15.0 Å². The molecule has 0 radical (unpaired) electrons. The smallest absolute Gasteiger partial charge is 0.328 e. The van der Waals surface area contributed by atoms with Gasteiger partial charge in [-0.1, -0.05) is 24.3 Å². The highest BCUT2D eigenvalue weighted by molar-refractivity contribution is 5.89. The summed E-state index contributed by atoms with van der Waals surface area (Å²) < 4.78 is 4.91. The third kappa shape index (κ3) is 3.56. The van der Waals surface area contributed by atoms with Gasteiger partial charge in [-0.05, 0) is 35.6 Å². The summed E-state index contributed by atoms with van der Waals surface area (Å²) in [6, 6.07) is 11.0. The number of nitrogens with zero attached hydrogens (tertiary/aromatic N) is 1. The molecule has 138 valence electrons. The van der Waals surface area contributed by atoms with Crippen molar-refractivity contribution in [3.63, 3.8) is 0 Å². The number of nitrogens with one attached hydrogen (secondary N) is 2. The number of fused-ring (bicyclic) bond motifs is 1. The highest BCUT2D eigenvalue weighted by atomic mass is 16.5. The third-order valence-electron chi connectivity index (χ3n) is 5.14. The molecule has 1 aliphatic rings. The number of hydrogen-bond acceptors (Lipinski definition) is 4. The molecule has 6 nitrogen and oxygen atoms in total. The second kappa shape index (κ2) is 7.23. The summed E-state index contributed by atoms with van der Waals surface area (Å²) in [4.78, 5) is 32.2. The Kier molecular flexibility index (Phi) is 4.62. The first-order valence-electron chi connectivity index (χ1n) is 9.00. The Morgan fingerprint density at radius 2 is 2.15 bits per heavy atom. The molecule has 2 heterocycles. The maximum absolute atomic E-state index is 12.7. The molecule has 27 heavy (non-hydrogen) atoms. The van der Waals surface area contributed by atoms with Gasteiger partial charge in [0.25, 0.3) is 0 Å². The van der Waals surface area contributed by atoms with Crippen molar-refractivity contribution >= 4 is 22.8 Å². The lowest BCUT2D eigenvalue weighted by Crippen LogP contribution is -2.43. The summed E-state index contributed by atoms with van der Waals surface area (Å²) in [7, 11) is 1.34. The van der Waals surface area contributed by atoms with Gasteiger partial charge >= 0.3 is 5.97 Å². The molecule has 1 saturated carbocycles. The largest absolute Gasteiger partial charge is 0.467 e. The molecule has 1 aromatic carbocycles. The van der Waals surface area contributed by atoms with E-state index in [1.165, 1.54) is 7.11 Å². The van der Waals surface area contributed by atoms with Crippen LogP contribution in [-0.4, -0.2) is 35.0 Å². The van der Waals surface area contributed by atoms with Crippen molar-refractivity contribution < 1.29 is 14.3 Å². The van der Waals surface area contributed by atoms with Crippen LogP contribution in [0, 0.1) is 5.92 Å². The van der Waals surface area contributed by atoms with Gasteiger partial charge in [-0.25, -0.2) is 4.79 Å². The molecule has 3 aromatic rings. The number of amides is 1. The number of para-hydroxylation sites is 1. The van der Waals surface area contributed by atoms with Crippen LogP contribution in [0.4, 0.5) is 0 Å². The molecule has 0 spiro atoms. The average Bonchev–Trinajstić information content (AvgIpc) is 3.42. The van der Waals surface area contributed by atoms with Crippen molar-refractivity contribution in [2.45, 2.75) is 24.8 Å². The van der Waals surface area contributed by atoms with Crippen LogP contribution in [0.15, 0.2) is 55.0 Å². The summed E-state index contributed by atoms with van der Waals surface area (Å²) in [6.45, 7) is 0. The number of aromatic nitrogens is 2. The quantitative estimate of drug-likeness (QED) is 0.659. The fourth-order valence-corrected chi connectivity index (χ4v) is 3.58. The molecule has 0 unspecified atom stereocenters. The van der Waals surface area contributed by atoms with E-state index in [0.717, 1.165) is 28.5 Å². The highest BCUT2D eigenvalue weighted by Gasteiger charge is 2.45. The first-order chi connectivity index (χ1) is 13.2. The SMILES string of the molecule is COC(=O)[C@@H](Cc1c[nH]c2ccccc12)NC(=O)[C@@H]1C[C@H]1c1cccnc1. The Morgan fingerprint density at radius 1 is 1.30 bits per heavy atom. The van der Waals surface area contributed by atoms with Crippen LogP contribution in [0.5, 0.6) is 0 Å². The second-order valence-electron chi connectivity index (χ2n) is 6.88. The Hall–Kier alpha value is -3.15. The normalized spacial score (nSPS) is 19.4. The third-order valence-corrected chi connectivity index (χ3v) is 5.14. The number of hydrogen-bond donors (Lipinski definition) is 2. The maximum Gasteiger partial charge on any atom is 0.328 e. The second-order valence-corrected chi connectivity index (χ2v) is 6.88. The minimum Gasteiger partial charge on any atom is -0.467 e. The number of benzene rings is 1. The molecule has 1 fully saturated rings. The molecule has 1 aliphatic carbocycles. The van der Waals surface area contributed by atoms with Crippen LogP contribution < -0.4 is 5.32 Å². The van der Waals surface area contributed by atoms with Gasteiger partial charge in [0.1, 0.15) is 6.04 Å². The Bertz CT molecular complexity index is 967. The van der Waals surface area contributed by atoms with Crippen molar-refractivity contribution in [2.75, 3.05) is 7.11 Å². The lowest BCUT2D eigenvalue weighted by atomic mass is 10.0. The van der Waals surface area contributed by atoms with E-state index >= 15 is 0 Å². The Balaban J connectivity index is 1.47. The van der Waals surface area contributed by atoms with Crippen molar-refractivity contribution in [3.05, 3.63) is 66.1 Å². The van der Waals surface area contributed by atoms with E-state index in [0.29, 0.717) is 6.42 Å². The van der Waals surface area contributed by atoms with E-state index in [-0.39, 0.29) is 17.7 Å². The van der Waals surface area contributed by atoms with E-state index in [9.17, 15) is 9.59 Å². The van der Waals surface area contributed by atoms with Crippen LogP contribution in [0.3, 0.4) is 0 Å². The number of rotatable bonds is 6. The van der Waals surface area contributed by atoms with E-state index in [2.05, 4.69) is 15.3 Å². The fourth-order valence-electron chi connectivity index (χ4n) is 3.58. The molecule has 2 N–H and O–H groups in total. The number of ether oxygens (including phenoxy) is 1. The van der Waals surface area contributed by atoms with Crippen molar-refractivity contribution in [1.82, 2.24) is 15.3 Å². The van der Waals surface area contributed by atoms with Crippen molar-refractivity contribution in [3.8, 4) is 0 Å². The first-order valence-corrected chi connectivity index (χ1v) is 9.00. The number of aromatic amines is 1. The molecular formula is C21H21N3O3. The van der Waals surface area contributed by atoms with Gasteiger partial charge in [-0.2, -0.15) is 0 Å². The fraction of sp³-hybridized carbons (Fsp3) is 0.286. The summed E-state index contributed by atoms with van der Waals surface area (Å²) in [5.74, 6) is -0.499. The van der Waals surface area contributed by atoms with E-state index in [1.54, 1.807) is 12.4 Å². The predicted molar refractivity (Wildman–Crippen MR) is 101 cm³/mol. The van der Waals surface area contributed by atoms with Crippen LogP contribution in [0.2, 0.25) is 0 Å². The standard InChI is InChI=1S/C21H21N3O3/c1-27-21(26)19(9-14-12-23-18-7-3-2-6-15(14)18)24-20(25)17-10-16(17)13-5-4-8-22-11-13/h2-8,11-12,16-17,19,23H,9-10H2,1H3,(H,24,25)/t16-,17+,19+/m0/s1. The molecule has 0 bridgehead atoms. The molecule has 3 atom stereocenters. The number of esters is 1. The van der Waals surface area contributed by atoms with Gasteiger partial charge in [0, 0.05) is 41.8 Å². The average molecular weight is 363 g/mol. The predicted octanol–water partition coefficient (Wildman–Crippen LogP) is 2.57. The minimum absolute atomic E-state index is 0.112. The van der Waals surface area contributed by atoms with Gasteiger partial charge in [-0.15, -0.1) is 0 Å². The van der Waals surface area contributed by atoms with Gasteiger partial charge in [0.05, 0.1) is 7.11 Å². The molecule has 1 amide bonds. The molecule has 4 rings (SSSR count). The van der Waals surface area contributed by atoms with E-state index in [1.807, 2.05) is 42.6 Å². The van der Waals surface area contributed by atoms with Crippen molar-refractivity contribution in [1.29, 1.82) is 0 Å². The van der Waals surface area contributed by atoms with Crippen LogP contribution in [-0.2, 0) is 20.7 Å². The Morgan fingerprint density at radius 3 is 2.93 bits per heavy atom. The van der Waals surface area contributed by atoms with Crippen LogP contribution >= 0.6 is 0 Å². The minimum atomic E-state index is -0.711. The molecule has 0 saturated heterocycles. The number of H-pyrrole nitrogens is 1. The summed E-state index contributed by atoms with van der Waals surface area (Å²) >= 11 is 0. The summed E-state index contributed by atoms with van der Waals surface area (Å²) in [5.41, 5.74) is 3.03. The molecule has 2 aromatic heterocycles. The number of methoxy groups -OCH3 is 1. The first kappa shape index (κ1) is 17.3. The summed E-state index contributed by atoms with van der Waals surface area (Å²) in [6.07, 6.45) is 6.55. The number of carbonyl (C=O) groups excluding carboxylic acids is 2. The lowest BCUT2D eigenvalue weighted by molar-refractivity contribution is -0.145. The Labute approximate surface area is 156 Å². The zero-order valence-electron chi connectivity index (χ0n) is 15.0. The highest BCUT2D eigenvalue weighted by Crippen LogP contribution is 2.47.